The molecule has 0 atom stereocenters. The van der Waals surface area contributed by atoms with E-state index in [0.29, 0.717) is 6.29 Å². The molecule has 0 N–H and O–H groups in total. The Morgan fingerprint density at radius 3 is 2.50 bits per heavy atom. The fourth-order valence-electron chi connectivity index (χ4n) is 0.309. The molecule has 10 heavy (non-hydrogen) atoms. The molecule has 0 saturated heterocycles. The highest BCUT2D eigenvalue weighted by Gasteiger charge is 1.98. The molecular formula is C7H8O3. The van der Waals surface area contributed by atoms with Gasteiger partial charge in [0.1, 0.15) is 0 Å². The average Bonchev–Trinajstić information content (AvgIpc) is 1.99. The van der Waals surface area contributed by atoms with Crippen LogP contribution < -0.4 is 0 Å². The zero-order chi connectivity index (χ0) is 7.98. The Labute approximate surface area is 59.0 Å². The molecule has 0 aliphatic carbocycles. The van der Waals surface area contributed by atoms with Crippen LogP contribution in [0.4, 0.5) is 0 Å². The minimum Gasteiger partial charge on any atom is -0.420 e. The summed E-state index contributed by atoms with van der Waals surface area (Å²) in [6.45, 7) is 4.76. The summed E-state index contributed by atoms with van der Waals surface area (Å²) < 4.78 is 4.43. The van der Waals surface area contributed by atoms with Crippen LogP contribution >= 0.6 is 0 Å². The molecular weight excluding hydrogens is 132 g/mol. The lowest BCUT2D eigenvalue weighted by atomic mass is 10.5. The van der Waals surface area contributed by atoms with Crippen LogP contribution in [0.25, 0.3) is 0 Å². The molecule has 0 aromatic heterocycles. The first-order valence-corrected chi connectivity index (χ1v) is 2.70. The van der Waals surface area contributed by atoms with Gasteiger partial charge in [0.2, 0.25) is 0 Å². The molecule has 0 amide bonds. The van der Waals surface area contributed by atoms with Gasteiger partial charge in [0.05, 0.1) is 0 Å². The zero-order valence-corrected chi connectivity index (χ0v) is 5.66. The lowest BCUT2D eigenvalue weighted by Gasteiger charge is -1.95. The molecule has 0 aromatic rings. The number of carbonyl (C=O) groups excluding carboxylic acids is 2. The first-order chi connectivity index (χ1) is 4.74. The second-order valence-electron chi connectivity index (χ2n) is 1.43. The second kappa shape index (κ2) is 4.49. The standard InChI is InChI=1S/C7H8O3/c1-3-6(5-8)10-7(9)4-2/h3-5H,2H2,1H3. The van der Waals surface area contributed by atoms with Gasteiger partial charge >= 0.3 is 5.97 Å². The quantitative estimate of drug-likeness (QED) is 0.252. The van der Waals surface area contributed by atoms with Crippen molar-refractivity contribution in [2.75, 3.05) is 0 Å². The molecule has 0 heterocycles. The van der Waals surface area contributed by atoms with E-state index in [4.69, 9.17) is 0 Å². The number of rotatable bonds is 3. The van der Waals surface area contributed by atoms with Gasteiger partial charge < -0.3 is 4.74 Å². The summed E-state index contributed by atoms with van der Waals surface area (Å²) in [4.78, 5) is 20.4. The van der Waals surface area contributed by atoms with E-state index in [2.05, 4.69) is 11.3 Å². The van der Waals surface area contributed by atoms with Gasteiger partial charge in [0, 0.05) is 6.08 Å². The molecule has 0 aromatic carbocycles. The summed E-state index contributed by atoms with van der Waals surface area (Å²) in [5, 5.41) is 0. The summed E-state index contributed by atoms with van der Waals surface area (Å²) in [6, 6.07) is 0. The smallest absolute Gasteiger partial charge is 0.335 e. The lowest BCUT2D eigenvalue weighted by Crippen LogP contribution is -2.00. The number of aldehydes is 1. The van der Waals surface area contributed by atoms with Crippen LogP contribution in [-0.4, -0.2) is 12.3 Å². The molecule has 54 valence electrons. The molecule has 0 spiro atoms. The summed E-state index contributed by atoms with van der Waals surface area (Å²) in [7, 11) is 0. The Morgan fingerprint density at radius 2 is 2.20 bits per heavy atom. The monoisotopic (exact) mass is 140 g/mol. The minimum atomic E-state index is -0.625. The Bertz CT molecular complexity index is 179. The fraction of sp³-hybridized carbons (Fsp3) is 0.143. The van der Waals surface area contributed by atoms with Crippen LogP contribution in [0.2, 0.25) is 0 Å². The van der Waals surface area contributed by atoms with Crippen molar-refractivity contribution < 1.29 is 14.3 Å². The van der Waals surface area contributed by atoms with Crippen molar-refractivity contribution in [3.63, 3.8) is 0 Å². The molecule has 0 aliphatic heterocycles. The molecule has 3 heteroatoms. The summed E-state index contributed by atoms with van der Waals surface area (Å²) in [5.74, 6) is -0.620. The van der Waals surface area contributed by atoms with Gasteiger partial charge in [0.15, 0.2) is 12.0 Å². The van der Waals surface area contributed by atoms with Gasteiger partial charge in [0.25, 0.3) is 0 Å². The van der Waals surface area contributed by atoms with E-state index in [0.717, 1.165) is 6.08 Å². The van der Waals surface area contributed by atoms with E-state index in [-0.39, 0.29) is 5.76 Å². The van der Waals surface area contributed by atoms with Gasteiger partial charge in [-0.25, -0.2) is 4.79 Å². The van der Waals surface area contributed by atoms with Gasteiger partial charge in [-0.05, 0) is 13.0 Å². The van der Waals surface area contributed by atoms with E-state index < -0.39 is 5.97 Å². The molecule has 0 rings (SSSR count). The van der Waals surface area contributed by atoms with E-state index in [1.165, 1.54) is 6.08 Å². The molecule has 0 fully saturated rings. The Morgan fingerprint density at radius 1 is 1.60 bits per heavy atom. The Balaban J connectivity index is 3.99. The van der Waals surface area contributed by atoms with Crippen LogP contribution in [0, 0.1) is 0 Å². The number of ether oxygens (including phenoxy) is 1. The van der Waals surface area contributed by atoms with Crippen LogP contribution in [0.15, 0.2) is 24.5 Å². The number of allylic oxidation sites excluding steroid dienone is 2. The third-order valence-electron chi connectivity index (χ3n) is 0.786. The fourth-order valence-corrected chi connectivity index (χ4v) is 0.309. The summed E-state index contributed by atoms with van der Waals surface area (Å²) >= 11 is 0. The van der Waals surface area contributed by atoms with Crippen molar-refractivity contribution >= 4 is 12.3 Å². The highest BCUT2D eigenvalue weighted by molar-refractivity contribution is 5.85. The largest absolute Gasteiger partial charge is 0.420 e. The van der Waals surface area contributed by atoms with Gasteiger partial charge in [-0.3, -0.25) is 4.79 Å². The third kappa shape index (κ3) is 2.81. The van der Waals surface area contributed by atoms with Crippen molar-refractivity contribution in [2.24, 2.45) is 0 Å². The Kier molecular flexibility index (Phi) is 3.87. The predicted octanol–water partition coefficient (Wildman–Crippen LogP) is 0.818. The number of carbonyl (C=O) groups is 2. The first kappa shape index (κ1) is 8.62. The van der Waals surface area contributed by atoms with Crippen molar-refractivity contribution in [2.45, 2.75) is 6.92 Å². The van der Waals surface area contributed by atoms with Crippen LogP contribution in [0.3, 0.4) is 0 Å². The van der Waals surface area contributed by atoms with E-state index in [1.54, 1.807) is 6.92 Å². The molecule has 0 unspecified atom stereocenters. The SMILES string of the molecule is C=CC(=O)OC(C=O)=CC. The van der Waals surface area contributed by atoms with E-state index >= 15 is 0 Å². The van der Waals surface area contributed by atoms with Crippen LogP contribution in [0.5, 0.6) is 0 Å². The van der Waals surface area contributed by atoms with Crippen molar-refractivity contribution in [1.82, 2.24) is 0 Å². The third-order valence-corrected chi connectivity index (χ3v) is 0.786. The summed E-state index contributed by atoms with van der Waals surface area (Å²) in [5.41, 5.74) is 0. The average molecular weight is 140 g/mol. The van der Waals surface area contributed by atoms with E-state index in [1.807, 2.05) is 0 Å². The topological polar surface area (TPSA) is 43.4 Å². The van der Waals surface area contributed by atoms with Crippen molar-refractivity contribution in [1.29, 1.82) is 0 Å². The van der Waals surface area contributed by atoms with Crippen molar-refractivity contribution in [3.8, 4) is 0 Å². The molecule has 0 saturated carbocycles. The maximum atomic E-state index is 10.4. The maximum absolute atomic E-state index is 10.4. The normalized spacial score (nSPS) is 10.3. The van der Waals surface area contributed by atoms with Crippen molar-refractivity contribution in [3.05, 3.63) is 24.5 Å². The van der Waals surface area contributed by atoms with Gasteiger partial charge in [-0.15, -0.1) is 0 Å². The highest BCUT2D eigenvalue weighted by atomic mass is 16.5. The highest BCUT2D eigenvalue weighted by Crippen LogP contribution is 1.92. The lowest BCUT2D eigenvalue weighted by molar-refractivity contribution is -0.135. The summed E-state index contributed by atoms with van der Waals surface area (Å²) in [6.07, 6.45) is 2.85. The van der Waals surface area contributed by atoms with Crippen LogP contribution in [0.1, 0.15) is 6.92 Å². The van der Waals surface area contributed by atoms with E-state index in [9.17, 15) is 9.59 Å². The molecule has 0 aliphatic rings. The van der Waals surface area contributed by atoms with Gasteiger partial charge in [-0.2, -0.15) is 0 Å². The molecule has 0 radical (unpaired) electrons. The molecule has 0 bridgehead atoms. The van der Waals surface area contributed by atoms with Gasteiger partial charge in [-0.1, -0.05) is 6.58 Å². The number of esters is 1. The number of hydrogen-bond acceptors (Lipinski definition) is 3. The minimum absolute atomic E-state index is 0.00454. The second-order valence-corrected chi connectivity index (χ2v) is 1.43. The maximum Gasteiger partial charge on any atom is 0.335 e. The first-order valence-electron chi connectivity index (χ1n) is 2.70. The zero-order valence-electron chi connectivity index (χ0n) is 5.66. The van der Waals surface area contributed by atoms with Crippen LogP contribution in [-0.2, 0) is 14.3 Å². The molecule has 3 nitrogen and oxygen atoms in total. The predicted molar refractivity (Wildman–Crippen MR) is 36.1 cm³/mol. The number of hydrogen-bond donors (Lipinski definition) is 0. The Hall–Kier alpha value is -1.38.